The van der Waals surface area contributed by atoms with Crippen LogP contribution in [0.5, 0.6) is 0 Å². The molecule has 0 saturated carbocycles. The molecule has 1 amide bonds. The van der Waals surface area contributed by atoms with E-state index in [1.165, 1.54) is 4.90 Å². The van der Waals surface area contributed by atoms with E-state index in [2.05, 4.69) is 6.07 Å². The average molecular weight is 288 g/mol. The lowest BCUT2D eigenvalue weighted by atomic mass is 10.0. The van der Waals surface area contributed by atoms with Gasteiger partial charge in [-0.3, -0.25) is 9.59 Å². The monoisotopic (exact) mass is 288 g/mol. The molecule has 0 bridgehead atoms. The minimum absolute atomic E-state index is 0.0728. The number of amides is 1. The molecule has 1 aromatic carbocycles. The van der Waals surface area contributed by atoms with Crippen molar-refractivity contribution in [3.63, 3.8) is 0 Å². The molecule has 112 valence electrons. The summed E-state index contributed by atoms with van der Waals surface area (Å²) in [6, 6.07) is 8.82. The summed E-state index contributed by atoms with van der Waals surface area (Å²) in [7, 11) is 0. The van der Waals surface area contributed by atoms with E-state index in [4.69, 9.17) is 5.11 Å². The van der Waals surface area contributed by atoms with E-state index in [0.29, 0.717) is 24.1 Å². The Morgan fingerprint density at radius 1 is 1.29 bits per heavy atom. The van der Waals surface area contributed by atoms with Crippen LogP contribution in [0, 0.1) is 17.2 Å². The van der Waals surface area contributed by atoms with Crippen LogP contribution >= 0.6 is 0 Å². The molecule has 0 aliphatic carbocycles. The molecule has 0 aliphatic heterocycles. The van der Waals surface area contributed by atoms with E-state index in [0.717, 1.165) is 0 Å². The highest BCUT2D eigenvalue weighted by Crippen LogP contribution is 2.24. The molecule has 0 heterocycles. The standard InChI is InChI=1S/C16H20N2O3/c1-3-12(4-2)16(21)18(10-9-15(19)20)14-8-6-5-7-13(14)11-17/h5-8,12H,3-4,9-10H2,1-2H3,(H,19,20). The van der Waals surface area contributed by atoms with Crippen LogP contribution in [-0.4, -0.2) is 23.5 Å². The summed E-state index contributed by atoms with van der Waals surface area (Å²) in [6.07, 6.45) is 1.23. The van der Waals surface area contributed by atoms with E-state index in [1.807, 2.05) is 13.8 Å². The highest BCUT2D eigenvalue weighted by Gasteiger charge is 2.24. The Morgan fingerprint density at radius 3 is 2.43 bits per heavy atom. The Bertz CT molecular complexity index is 545. The van der Waals surface area contributed by atoms with Crippen molar-refractivity contribution in [2.24, 2.45) is 5.92 Å². The highest BCUT2D eigenvalue weighted by molar-refractivity contribution is 5.96. The van der Waals surface area contributed by atoms with Gasteiger partial charge in [-0.2, -0.15) is 5.26 Å². The maximum absolute atomic E-state index is 12.6. The van der Waals surface area contributed by atoms with E-state index in [1.54, 1.807) is 24.3 Å². The fourth-order valence-corrected chi connectivity index (χ4v) is 2.22. The third kappa shape index (κ3) is 4.32. The number of para-hydroxylation sites is 1. The first-order valence-electron chi connectivity index (χ1n) is 7.07. The molecule has 0 saturated heterocycles. The molecule has 0 radical (unpaired) electrons. The van der Waals surface area contributed by atoms with Gasteiger partial charge >= 0.3 is 5.97 Å². The number of nitriles is 1. The Kier molecular flexibility index (Phi) is 6.41. The highest BCUT2D eigenvalue weighted by atomic mass is 16.4. The second-order valence-corrected chi connectivity index (χ2v) is 4.78. The minimum Gasteiger partial charge on any atom is -0.481 e. The summed E-state index contributed by atoms with van der Waals surface area (Å²) in [5.41, 5.74) is 0.861. The van der Waals surface area contributed by atoms with Crippen LogP contribution in [0.1, 0.15) is 38.7 Å². The maximum atomic E-state index is 12.6. The molecule has 5 nitrogen and oxygen atoms in total. The number of nitrogens with zero attached hydrogens (tertiary/aromatic N) is 2. The van der Waals surface area contributed by atoms with Gasteiger partial charge in [0.15, 0.2) is 0 Å². The van der Waals surface area contributed by atoms with Gasteiger partial charge in [-0.15, -0.1) is 0 Å². The quantitative estimate of drug-likeness (QED) is 0.836. The summed E-state index contributed by atoms with van der Waals surface area (Å²) in [4.78, 5) is 24.9. The smallest absolute Gasteiger partial charge is 0.305 e. The van der Waals surface area contributed by atoms with Crippen LogP contribution in [0.3, 0.4) is 0 Å². The van der Waals surface area contributed by atoms with Crippen LogP contribution in [0.15, 0.2) is 24.3 Å². The van der Waals surface area contributed by atoms with Gasteiger partial charge in [-0.25, -0.2) is 0 Å². The van der Waals surface area contributed by atoms with Crippen molar-refractivity contribution in [3.8, 4) is 6.07 Å². The molecule has 0 fully saturated rings. The van der Waals surface area contributed by atoms with Crippen molar-refractivity contribution in [2.75, 3.05) is 11.4 Å². The number of hydrogen-bond acceptors (Lipinski definition) is 3. The van der Waals surface area contributed by atoms with Crippen molar-refractivity contribution in [3.05, 3.63) is 29.8 Å². The van der Waals surface area contributed by atoms with Crippen molar-refractivity contribution in [1.82, 2.24) is 0 Å². The lowest BCUT2D eigenvalue weighted by Gasteiger charge is -2.27. The second-order valence-electron chi connectivity index (χ2n) is 4.78. The summed E-state index contributed by atoms with van der Waals surface area (Å²) < 4.78 is 0. The first kappa shape index (κ1) is 16.7. The fraction of sp³-hybridized carbons (Fsp3) is 0.438. The normalized spacial score (nSPS) is 10.2. The number of carbonyl (C=O) groups excluding carboxylic acids is 1. The number of rotatable bonds is 7. The lowest BCUT2D eigenvalue weighted by molar-refractivity contribution is -0.136. The molecule has 0 spiro atoms. The van der Waals surface area contributed by atoms with Gasteiger partial charge < -0.3 is 10.0 Å². The third-order valence-electron chi connectivity index (χ3n) is 3.47. The first-order chi connectivity index (χ1) is 10.0. The Morgan fingerprint density at radius 2 is 1.90 bits per heavy atom. The van der Waals surface area contributed by atoms with Gasteiger partial charge in [0.25, 0.3) is 0 Å². The van der Waals surface area contributed by atoms with Crippen LogP contribution in [-0.2, 0) is 9.59 Å². The Hall–Kier alpha value is -2.35. The number of carboxylic acids is 1. The third-order valence-corrected chi connectivity index (χ3v) is 3.47. The predicted molar refractivity (Wildman–Crippen MR) is 79.8 cm³/mol. The molecule has 1 rings (SSSR count). The van der Waals surface area contributed by atoms with E-state index in [-0.39, 0.29) is 24.8 Å². The van der Waals surface area contributed by atoms with Crippen LogP contribution in [0.4, 0.5) is 5.69 Å². The van der Waals surface area contributed by atoms with Gasteiger partial charge in [-0.1, -0.05) is 26.0 Å². The minimum atomic E-state index is -0.966. The van der Waals surface area contributed by atoms with Gasteiger partial charge in [0.1, 0.15) is 6.07 Å². The molecular formula is C16H20N2O3. The second kappa shape index (κ2) is 8.05. The number of benzene rings is 1. The van der Waals surface area contributed by atoms with Crippen molar-refractivity contribution in [2.45, 2.75) is 33.1 Å². The number of carboxylic acid groups (broad SMARTS) is 1. The average Bonchev–Trinajstić information content (AvgIpc) is 2.49. The summed E-state index contributed by atoms with van der Waals surface area (Å²) in [5.74, 6) is -1.25. The summed E-state index contributed by atoms with van der Waals surface area (Å²) >= 11 is 0. The van der Waals surface area contributed by atoms with Gasteiger partial charge in [-0.05, 0) is 25.0 Å². The van der Waals surface area contributed by atoms with Crippen molar-refractivity contribution >= 4 is 17.6 Å². The molecule has 0 aromatic heterocycles. The molecular weight excluding hydrogens is 268 g/mol. The van der Waals surface area contributed by atoms with Gasteiger partial charge in [0.2, 0.25) is 5.91 Å². The van der Waals surface area contributed by atoms with Crippen molar-refractivity contribution in [1.29, 1.82) is 5.26 Å². The summed E-state index contributed by atoms with van der Waals surface area (Å²) in [6.45, 7) is 3.93. The number of anilines is 1. The number of hydrogen-bond donors (Lipinski definition) is 1. The van der Waals surface area contributed by atoms with Crippen molar-refractivity contribution < 1.29 is 14.7 Å². The topological polar surface area (TPSA) is 81.4 Å². The number of carbonyl (C=O) groups is 2. The molecule has 1 N–H and O–H groups in total. The Balaban J connectivity index is 3.15. The van der Waals surface area contributed by atoms with Gasteiger partial charge in [0.05, 0.1) is 17.7 Å². The molecule has 0 atom stereocenters. The number of aliphatic carboxylic acids is 1. The summed E-state index contributed by atoms with van der Waals surface area (Å²) in [5, 5.41) is 18.0. The Labute approximate surface area is 124 Å². The van der Waals surface area contributed by atoms with E-state index < -0.39 is 5.97 Å². The molecule has 5 heteroatoms. The van der Waals surface area contributed by atoms with Crippen LogP contribution < -0.4 is 4.90 Å². The SMILES string of the molecule is CCC(CC)C(=O)N(CCC(=O)O)c1ccccc1C#N. The van der Waals surface area contributed by atoms with Crippen LogP contribution in [0.25, 0.3) is 0 Å². The zero-order chi connectivity index (χ0) is 15.8. The first-order valence-corrected chi connectivity index (χ1v) is 7.07. The zero-order valence-corrected chi connectivity index (χ0v) is 12.4. The predicted octanol–water partition coefficient (Wildman–Crippen LogP) is 2.80. The molecule has 0 aliphatic rings. The molecule has 21 heavy (non-hydrogen) atoms. The van der Waals surface area contributed by atoms with Crippen LogP contribution in [0.2, 0.25) is 0 Å². The van der Waals surface area contributed by atoms with Gasteiger partial charge in [0, 0.05) is 12.5 Å². The largest absolute Gasteiger partial charge is 0.481 e. The van der Waals surface area contributed by atoms with E-state index >= 15 is 0 Å². The fourth-order valence-electron chi connectivity index (χ4n) is 2.22. The lowest BCUT2D eigenvalue weighted by Crippen LogP contribution is -2.38. The van der Waals surface area contributed by atoms with E-state index in [9.17, 15) is 14.9 Å². The zero-order valence-electron chi connectivity index (χ0n) is 12.4. The molecule has 1 aromatic rings. The molecule has 0 unspecified atom stereocenters. The maximum Gasteiger partial charge on any atom is 0.305 e.